The van der Waals surface area contributed by atoms with E-state index < -0.39 is 18.6 Å². The van der Waals surface area contributed by atoms with Crippen LogP contribution in [0.3, 0.4) is 0 Å². The summed E-state index contributed by atoms with van der Waals surface area (Å²) in [5, 5.41) is 3.50. The molecule has 1 aliphatic heterocycles. The second-order valence-electron chi connectivity index (χ2n) is 6.80. The fourth-order valence-corrected chi connectivity index (χ4v) is 3.61. The van der Waals surface area contributed by atoms with Gasteiger partial charge in [-0.1, -0.05) is 6.92 Å². The molecular formula is C15H27F5N2. The number of nitrogens with one attached hydrogen (secondary N) is 1. The number of rotatable bonds is 4. The molecule has 2 nitrogen and oxygen atoms in total. The zero-order valence-corrected chi connectivity index (χ0v) is 13.0. The molecule has 1 saturated heterocycles. The van der Waals surface area contributed by atoms with Gasteiger partial charge in [-0.15, -0.1) is 0 Å². The van der Waals surface area contributed by atoms with Gasteiger partial charge in [0.1, 0.15) is 0 Å². The molecule has 22 heavy (non-hydrogen) atoms. The molecule has 0 atom stereocenters. The molecule has 0 amide bonds. The molecule has 0 aromatic rings. The molecular weight excluding hydrogens is 303 g/mol. The molecule has 0 bridgehead atoms. The predicted molar refractivity (Wildman–Crippen MR) is 77.2 cm³/mol. The number of nitrogens with zero attached hydrogens (tertiary/aromatic N) is 1. The maximum Gasteiger partial charge on any atom is 0.401 e. The molecule has 2 fully saturated rings. The van der Waals surface area contributed by atoms with Crippen LogP contribution in [0.4, 0.5) is 22.0 Å². The van der Waals surface area contributed by atoms with Crippen molar-refractivity contribution in [1.29, 1.82) is 0 Å². The molecule has 0 unspecified atom stereocenters. The summed E-state index contributed by atoms with van der Waals surface area (Å²) in [6.45, 7) is 1.97. The Hall–Kier alpha value is -0.430. The van der Waals surface area contributed by atoms with Gasteiger partial charge in [0, 0.05) is 38.9 Å². The lowest BCUT2D eigenvalue weighted by molar-refractivity contribution is -0.149. The summed E-state index contributed by atoms with van der Waals surface area (Å²) in [4.78, 5) is 1.44. The average molecular weight is 330 g/mol. The van der Waals surface area contributed by atoms with Gasteiger partial charge >= 0.3 is 6.18 Å². The van der Waals surface area contributed by atoms with E-state index in [-0.39, 0.29) is 25.8 Å². The zero-order valence-electron chi connectivity index (χ0n) is 13.0. The first-order valence-corrected chi connectivity index (χ1v) is 8.08. The lowest BCUT2D eigenvalue weighted by atomic mass is 9.82. The fourth-order valence-electron chi connectivity index (χ4n) is 3.61. The first kappa shape index (κ1) is 17.9. The van der Waals surface area contributed by atoms with E-state index in [0.717, 1.165) is 6.42 Å². The molecule has 0 aromatic heterocycles. The minimum Gasteiger partial charge on any atom is -0.308 e. The van der Waals surface area contributed by atoms with E-state index in [9.17, 15) is 22.0 Å². The summed E-state index contributed by atoms with van der Waals surface area (Å²) < 4.78 is 63.7. The van der Waals surface area contributed by atoms with Crippen LogP contribution < -0.4 is 5.32 Å². The van der Waals surface area contributed by atoms with Crippen molar-refractivity contribution in [3.8, 4) is 0 Å². The van der Waals surface area contributed by atoms with Crippen molar-refractivity contribution in [2.24, 2.45) is 0 Å². The number of hydrogen-bond acceptors (Lipinski definition) is 2. The van der Waals surface area contributed by atoms with Gasteiger partial charge in [0.15, 0.2) is 0 Å². The van der Waals surface area contributed by atoms with Crippen LogP contribution in [0.1, 0.15) is 53.3 Å². The van der Waals surface area contributed by atoms with E-state index in [1.54, 1.807) is 0 Å². The van der Waals surface area contributed by atoms with E-state index >= 15 is 0 Å². The minimum atomic E-state index is -4.16. The minimum absolute atomic E-state index is 0. The quantitative estimate of drug-likeness (QED) is 0.777. The first-order valence-electron chi connectivity index (χ1n) is 8.08. The molecule has 2 aliphatic rings. The number of halogens is 5. The third-order valence-corrected chi connectivity index (χ3v) is 5.12. The molecule has 1 heterocycles. The second kappa shape index (κ2) is 6.59. The average Bonchev–Trinajstić information content (AvgIpc) is 2.42. The number of alkyl halides is 5. The molecule has 1 saturated carbocycles. The van der Waals surface area contributed by atoms with Crippen molar-refractivity contribution in [3.63, 3.8) is 0 Å². The van der Waals surface area contributed by atoms with Crippen molar-refractivity contribution in [1.82, 2.24) is 10.2 Å². The van der Waals surface area contributed by atoms with Crippen molar-refractivity contribution in [2.45, 2.75) is 75.5 Å². The van der Waals surface area contributed by atoms with Gasteiger partial charge in [-0.05, 0) is 32.1 Å². The van der Waals surface area contributed by atoms with Crippen LogP contribution in [-0.4, -0.2) is 48.2 Å². The topological polar surface area (TPSA) is 15.3 Å². The lowest BCUT2D eigenvalue weighted by Gasteiger charge is -2.45. The predicted octanol–water partition coefficient (Wildman–Crippen LogP) is 4.21. The van der Waals surface area contributed by atoms with Gasteiger partial charge in [-0.3, -0.25) is 4.90 Å². The molecule has 0 aromatic carbocycles. The van der Waals surface area contributed by atoms with E-state index in [0.29, 0.717) is 38.8 Å². The monoisotopic (exact) mass is 330 g/mol. The molecule has 0 spiro atoms. The van der Waals surface area contributed by atoms with E-state index in [4.69, 9.17) is 0 Å². The third kappa shape index (κ3) is 5.05. The van der Waals surface area contributed by atoms with Crippen LogP contribution in [0, 0.1) is 0 Å². The van der Waals surface area contributed by atoms with Gasteiger partial charge < -0.3 is 5.32 Å². The highest BCUT2D eigenvalue weighted by Crippen LogP contribution is 2.35. The lowest BCUT2D eigenvalue weighted by Crippen LogP contribution is -2.57. The summed E-state index contributed by atoms with van der Waals surface area (Å²) in [7, 11) is 0. The molecule has 1 aliphatic carbocycles. The van der Waals surface area contributed by atoms with Crippen molar-refractivity contribution in [2.75, 3.05) is 19.6 Å². The van der Waals surface area contributed by atoms with E-state index in [1.807, 2.05) is 6.92 Å². The Morgan fingerprint density at radius 2 is 1.64 bits per heavy atom. The number of likely N-dealkylation sites (tertiary alicyclic amines) is 1. The molecule has 1 N–H and O–H groups in total. The molecule has 132 valence electrons. The van der Waals surface area contributed by atoms with Crippen LogP contribution in [0.25, 0.3) is 0 Å². The number of hydrogen-bond donors (Lipinski definition) is 1. The van der Waals surface area contributed by atoms with Crippen molar-refractivity contribution < 1.29 is 23.4 Å². The highest BCUT2D eigenvalue weighted by molar-refractivity contribution is 4.96. The SMILES string of the molecule is CCC1(NC2CCC(F)(F)CC2)CCN(CC(F)(F)F)CC1.[HH]. The Balaban J connectivity index is 0.00000264. The Bertz CT molecular complexity index is 357. The summed E-state index contributed by atoms with van der Waals surface area (Å²) in [6, 6.07) is 0.0636. The van der Waals surface area contributed by atoms with Gasteiger partial charge in [0.2, 0.25) is 5.92 Å². The van der Waals surface area contributed by atoms with Crippen LogP contribution in [0.15, 0.2) is 0 Å². The van der Waals surface area contributed by atoms with Crippen LogP contribution in [0.5, 0.6) is 0 Å². The third-order valence-electron chi connectivity index (χ3n) is 5.12. The Morgan fingerprint density at radius 3 is 2.09 bits per heavy atom. The summed E-state index contributed by atoms with van der Waals surface area (Å²) >= 11 is 0. The standard InChI is InChI=1S/C15H25F5N2.H2/c1-2-13(21-12-3-5-14(16,17)6-4-12)7-9-22(10-8-13)11-15(18,19)20;/h12,21H,2-11H2,1H3;1H. The van der Waals surface area contributed by atoms with Gasteiger partial charge in [0.05, 0.1) is 6.54 Å². The van der Waals surface area contributed by atoms with Gasteiger partial charge in [-0.25, -0.2) is 8.78 Å². The summed E-state index contributed by atoms with van der Waals surface area (Å²) in [5.41, 5.74) is -0.195. The normalized spacial score (nSPS) is 27.0. The highest BCUT2D eigenvalue weighted by atomic mass is 19.4. The van der Waals surface area contributed by atoms with E-state index in [2.05, 4.69) is 5.32 Å². The largest absolute Gasteiger partial charge is 0.401 e. The summed E-state index contributed by atoms with van der Waals surface area (Å²) in [5.74, 6) is -2.55. The zero-order chi connectivity index (χ0) is 16.4. The molecule has 0 radical (unpaired) electrons. The van der Waals surface area contributed by atoms with E-state index in [1.165, 1.54) is 4.90 Å². The fraction of sp³-hybridized carbons (Fsp3) is 1.00. The van der Waals surface area contributed by atoms with Gasteiger partial charge in [-0.2, -0.15) is 13.2 Å². The second-order valence-corrected chi connectivity index (χ2v) is 6.80. The van der Waals surface area contributed by atoms with Gasteiger partial charge in [0.25, 0.3) is 0 Å². The highest BCUT2D eigenvalue weighted by Gasteiger charge is 2.41. The smallest absolute Gasteiger partial charge is 0.308 e. The molecule has 2 rings (SSSR count). The van der Waals surface area contributed by atoms with Crippen LogP contribution in [0.2, 0.25) is 0 Å². The van der Waals surface area contributed by atoms with Crippen LogP contribution in [-0.2, 0) is 0 Å². The maximum absolute atomic E-state index is 13.2. The maximum atomic E-state index is 13.2. The van der Waals surface area contributed by atoms with Crippen molar-refractivity contribution >= 4 is 0 Å². The summed E-state index contributed by atoms with van der Waals surface area (Å²) in [6.07, 6.45) is -1.34. The van der Waals surface area contributed by atoms with Crippen LogP contribution >= 0.6 is 0 Å². The Morgan fingerprint density at radius 1 is 1.09 bits per heavy atom. The number of piperidine rings is 1. The Kier molecular flexibility index (Phi) is 5.37. The first-order chi connectivity index (χ1) is 10.1. The van der Waals surface area contributed by atoms with Crippen molar-refractivity contribution in [3.05, 3.63) is 0 Å². The Labute approximate surface area is 129 Å². The molecule has 7 heteroatoms.